The minimum atomic E-state index is -0.685. The molecule has 7 heteroatoms. The normalized spacial score (nSPS) is 19.9. The molecular weight excluding hydrogens is 261 g/mol. The van der Waals surface area contributed by atoms with Gasteiger partial charge in [-0.05, 0) is 33.8 Å². The molecule has 1 aliphatic rings. The highest BCUT2D eigenvalue weighted by Crippen LogP contribution is 2.37. The number of nitro benzene ring substituents is 1. The van der Waals surface area contributed by atoms with E-state index in [0.29, 0.717) is 11.2 Å². The second-order valence-electron chi connectivity index (χ2n) is 5.77. The van der Waals surface area contributed by atoms with Crippen molar-refractivity contribution in [1.29, 1.82) is 0 Å². The minimum Gasteiger partial charge on any atom is -0.497 e. The molecule has 1 aromatic carbocycles. The molecule has 0 saturated carbocycles. The molecule has 1 aromatic rings. The van der Waals surface area contributed by atoms with Crippen LogP contribution in [0.3, 0.4) is 0 Å². The summed E-state index contributed by atoms with van der Waals surface area (Å²) in [6.45, 7) is 7.71. The van der Waals surface area contributed by atoms with E-state index >= 15 is 0 Å². The average molecular weight is 279 g/mol. The highest BCUT2D eigenvalue weighted by Gasteiger charge is 2.52. The van der Waals surface area contributed by atoms with E-state index in [0.717, 1.165) is 0 Å². The van der Waals surface area contributed by atoms with Gasteiger partial charge in [0.15, 0.2) is 0 Å². The maximum atomic E-state index is 10.9. The van der Waals surface area contributed by atoms with Crippen molar-refractivity contribution < 1.29 is 19.0 Å². The molecule has 1 fully saturated rings. The Balaban J connectivity index is 2.43. The molecule has 2 rings (SSSR count). The Kier molecular flexibility index (Phi) is 3.52. The van der Waals surface area contributed by atoms with Gasteiger partial charge in [-0.15, -0.1) is 0 Å². The molecule has 0 amide bonds. The Morgan fingerprint density at radius 1 is 1.20 bits per heavy atom. The first-order valence-corrected chi connectivity index (χ1v) is 6.36. The number of hydrogen-bond acceptors (Lipinski definition) is 5. The van der Waals surface area contributed by atoms with Gasteiger partial charge in [-0.1, -0.05) is 0 Å². The molecule has 6 nitrogen and oxygen atoms in total. The number of non-ortho nitro benzene ring substituents is 1. The lowest BCUT2D eigenvalue weighted by Gasteiger charge is -2.32. The summed E-state index contributed by atoms with van der Waals surface area (Å²) in [6.07, 6.45) is 0. The fourth-order valence-electron chi connectivity index (χ4n) is 1.99. The fourth-order valence-corrected chi connectivity index (χ4v) is 1.99. The van der Waals surface area contributed by atoms with Crippen molar-refractivity contribution in [1.82, 2.24) is 0 Å². The van der Waals surface area contributed by atoms with Crippen LogP contribution in [0.2, 0.25) is 0 Å². The van der Waals surface area contributed by atoms with Gasteiger partial charge in [0.05, 0.1) is 23.2 Å². The van der Waals surface area contributed by atoms with Crippen molar-refractivity contribution in [3.05, 3.63) is 28.3 Å². The van der Waals surface area contributed by atoms with Gasteiger partial charge >= 0.3 is 7.12 Å². The van der Waals surface area contributed by atoms with Crippen molar-refractivity contribution in [2.75, 3.05) is 7.11 Å². The van der Waals surface area contributed by atoms with Gasteiger partial charge in [0, 0.05) is 17.6 Å². The smallest absolute Gasteiger partial charge is 0.497 e. The molecule has 20 heavy (non-hydrogen) atoms. The zero-order chi connectivity index (χ0) is 15.1. The van der Waals surface area contributed by atoms with E-state index in [9.17, 15) is 10.1 Å². The van der Waals surface area contributed by atoms with Crippen molar-refractivity contribution in [3.63, 3.8) is 0 Å². The lowest BCUT2D eigenvalue weighted by molar-refractivity contribution is -0.384. The Hall–Kier alpha value is -1.60. The first-order valence-electron chi connectivity index (χ1n) is 6.36. The summed E-state index contributed by atoms with van der Waals surface area (Å²) in [5.74, 6) is 0.508. The molecule has 108 valence electrons. The largest absolute Gasteiger partial charge is 0.498 e. The Morgan fingerprint density at radius 3 is 2.20 bits per heavy atom. The Bertz CT molecular complexity index is 528. The lowest BCUT2D eigenvalue weighted by atomic mass is 9.78. The number of rotatable bonds is 3. The van der Waals surface area contributed by atoms with Crippen LogP contribution in [-0.2, 0) is 9.31 Å². The average Bonchev–Trinajstić information content (AvgIpc) is 2.57. The van der Waals surface area contributed by atoms with Gasteiger partial charge in [-0.2, -0.15) is 0 Å². The zero-order valence-corrected chi connectivity index (χ0v) is 12.3. The molecule has 0 atom stereocenters. The van der Waals surface area contributed by atoms with Crippen LogP contribution in [0.1, 0.15) is 27.7 Å². The topological polar surface area (TPSA) is 70.8 Å². The molecule has 0 N–H and O–H groups in total. The number of nitrogens with zero attached hydrogens (tertiary/aromatic N) is 1. The molecule has 1 aliphatic heterocycles. The predicted molar refractivity (Wildman–Crippen MR) is 75.4 cm³/mol. The monoisotopic (exact) mass is 279 g/mol. The molecule has 1 heterocycles. The van der Waals surface area contributed by atoms with Crippen LogP contribution in [0.5, 0.6) is 5.75 Å². The molecular formula is C13H18BNO5. The maximum Gasteiger partial charge on any atom is 0.498 e. The van der Waals surface area contributed by atoms with Gasteiger partial charge < -0.3 is 14.0 Å². The van der Waals surface area contributed by atoms with Crippen LogP contribution in [-0.4, -0.2) is 30.4 Å². The van der Waals surface area contributed by atoms with Crippen LogP contribution in [0.15, 0.2) is 18.2 Å². The van der Waals surface area contributed by atoms with E-state index in [1.54, 1.807) is 6.07 Å². The summed E-state index contributed by atoms with van der Waals surface area (Å²) in [5.41, 5.74) is -0.503. The molecule has 0 aromatic heterocycles. The summed E-state index contributed by atoms with van der Waals surface area (Å²) in [4.78, 5) is 10.5. The van der Waals surface area contributed by atoms with Crippen molar-refractivity contribution in [2.24, 2.45) is 0 Å². The zero-order valence-electron chi connectivity index (χ0n) is 12.3. The fraction of sp³-hybridized carbons (Fsp3) is 0.538. The van der Waals surface area contributed by atoms with Crippen LogP contribution < -0.4 is 10.2 Å². The van der Waals surface area contributed by atoms with E-state index in [4.69, 9.17) is 14.0 Å². The number of hydrogen-bond donors (Lipinski definition) is 0. The van der Waals surface area contributed by atoms with Gasteiger partial charge in [0.1, 0.15) is 5.75 Å². The number of methoxy groups -OCH3 is 1. The number of ether oxygens (including phenoxy) is 1. The lowest BCUT2D eigenvalue weighted by Crippen LogP contribution is -2.41. The van der Waals surface area contributed by atoms with E-state index < -0.39 is 23.2 Å². The van der Waals surface area contributed by atoms with E-state index in [1.807, 2.05) is 27.7 Å². The van der Waals surface area contributed by atoms with Crippen LogP contribution in [0.25, 0.3) is 0 Å². The van der Waals surface area contributed by atoms with E-state index in [2.05, 4.69) is 0 Å². The molecule has 1 saturated heterocycles. The SMILES string of the molecule is COc1ccc([N+](=O)[O-])cc1B1OC(C)(C)C(C)(C)O1. The molecule has 0 radical (unpaired) electrons. The number of nitro groups is 1. The minimum absolute atomic E-state index is 0.0180. The van der Waals surface area contributed by atoms with Gasteiger partial charge in [0.2, 0.25) is 0 Å². The predicted octanol–water partition coefficient (Wildman–Crippen LogP) is 1.90. The summed E-state index contributed by atoms with van der Waals surface area (Å²) in [7, 11) is 0.825. The second kappa shape index (κ2) is 4.75. The van der Waals surface area contributed by atoms with Crippen molar-refractivity contribution in [3.8, 4) is 5.75 Å². The highest BCUT2D eigenvalue weighted by molar-refractivity contribution is 6.63. The summed E-state index contributed by atoms with van der Waals surface area (Å²) in [5, 5.41) is 10.9. The molecule has 0 unspecified atom stereocenters. The van der Waals surface area contributed by atoms with E-state index in [1.165, 1.54) is 19.2 Å². The summed E-state index contributed by atoms with van der Waals surface area (Å²) in [6, 6.07) is 4.38. The molecule has 0 aliphatic carbocycles. The molecule has 0 bridgehead atoms. The quantitative estimate of drug-likeness (QED) is 0.480. The summed E-state index contributed by atoms with van der Waals surface area (Å²) < 4.78 is 17.1. The van der Waals surface area contributed by atoms with Gasteiger partial charge in [0.25, 0.3) is 5.69 Å². The maximum absolute atomic E-state index is 10.9. The molecule has 0 spiro atoms. The third-order valence-corrected chi connectivity index (χ3v) is 3.93. The Labute approximate surface area is 118 Å². The van der Waals surface area contributed by atoms with Crippen molar-refractivity contribution >= 4 is 18.3 Å². The Morgan fingerprint density at radius 2 is 1.75 bits per heavy atom. The second-order valence-corrected chi connectivity index (χ2v) is 5.77. The van der Waals surface area contributed by atoms with E-state index in [-0.39, 0.29) is 5.69 Å². The number of benzene rings is 1. The van der Waals surface area contributed by atoms with Crippen LogP contribution in [0, 0.1) is 10.1 Å². The van der Waals surface area contributed by atoms with Crippen molar-refractivity contribution in [2.45, 2.75) is 38.9 Å². The van der Waals surface area contributed by atoms with Gasteiger partial charge in [-0.25, -0.2) is 0 Å². The third kappa shape index (κ3) is 2.38. The highest BCUT2D eigenvalue weighted by atomic mass is 16.7. The van der Waals surface area contributed by atoms with Crippen LogP contribution in [0.4, 0.5) is 5.69 Å². The summed E-state index contributed by atoms with van der Waals surface area (Å²) >= 11 is 0. The van der Waals surface area contributed by atoms with Gasteiger partial charge in [-0.3, -0.25) is 10.1 Å². The third-order valence-electron chi connectivity index (χ3n) is 3.93. The van der Waals surface area contributed by atoms with Crippen LogP contribution >= 0.6 is 0 Å². The first kappa shape index (κ1) is 14.8. The first-order chi connectivity index (χ1) is 9.18. The standard InChI is InChI=1S/C13H18BNO5/c1-12(2)13(3,4)20-14(19-12)10-8-9(15(16)17)6-7-11(10)18-5/h6-8H,1-5H3.